The highest BCUT2D eigenvalue weighted by Crippen LogP contribution is 2.37. The number of thioether (sulfide) groups is 1. The summed E-state index contributed by atoms with van der Waals surface area (Å²) in [5, 5.41) is 4.65. The van der Waals surface area contributed by atoms with Crippen LogP contribution in [0.4, 0.5) is 5.82 Å². The van der Waals surface area contributed by atoms with E-state index in [2.05, 4.69) is 60.6 Å². The Kier molecular flexibility index (Phi) is 5.76. The van der Waals surface area contributed by atoms with E-state index >= 15 is 0 Å². The van der Waals surface area contributed by atoms with Gasteiger partial charge >= 0.3 is 0 Å². The number of methoxy groups -OCH3 is 1. The quantitative estimate of drug-likeness (QED) is 0.568. The van der Waals surface area contributed by atoms with Gasteiger partial charge in [-0.1, -0.05) is 35.9 Å². The standard InChI is InChI=1S/C24H27N3OS/c1-15-6-5-7-19(12-15)16(2)25-24-21-13-20(18-8-10-29-11-9-18)23(28-4)14-22(21)26-17(3)27-24/h5-8,12-14,16H,9-11H2,1-4H3,(H,25,26,27)/t16-/m1/s1. The third-order valence-corrected chi connectivity index (χ3v) is 6.23. The molecule has 2 heterocycles. The molecule has 1 N–H and O–H groups in total. The van der Waals surface area contributed by atoms with Gasteiger partial charge in [0, 0.05) is 28.8 Å². The molecule has 1 aliphatic heterocycles. The number of ether oxygens (including phenoxy) is 1. The molecule has 0 saturated heterocycles. The average molecular weight is 406 g/mol. The molecule has 0 spiro atoms. The maximum Gasteiger partial charge on any atom is 0.138 e. The number of benzene rings is 2. The van der Waals surface area contributed by atoms with Gasteiger partial charge in [-0.3, -0.25) is 0 Å². The van der Waals surface area contributed by atoms with Crippen molar-refractivity contribution < 1.29 is 4.74 Å². The van der Waals surface area contributed by atoms with Gasteiger partial charge in [0.15, 0.2) is 0 Å². The van der Waals surface area contributed by atoms with Crippen LogP contribution < -0.4 is 10.1 Å². The van der Waals surface area contributed by atoms with Gasteiger partial charge in [-0.2, -0.15) is 11.8 Å². The molecule has 2 aromatic carbocycles. The van der Waals surface area contributed by atoms with Gasteiger partial charge in [-0.25, -0.2) is 9.97 Å². The van der Waals surface area contributed by atoms with E-state index in [4.69, 9.17) is 9.72 Å². The minimum atomic E-state index is 0.142. The first-order valence-corrected chi connectivity index (χ1v) is 11.2. The number of hydrogen-bond acceptors (Lipinski definition) is 5. The maximum absolute atomic E-state index is 5.72. The van der Waals surface area contributed by atoms with Crippen LogP contribution in [0.1, 0.15) is 41.9 Å². The zero-order valence-electron chi connectivity index (χ0n) is 17.5. The zero-order chi connectivity index (χ0) is 20.4. The number of nitrogens with zero attached hydrogens (tertiary/aromatic N) is 2. The van der Waals surface area contributed by atoms with Crippen molar-refractivity contribution in [3.05, 3.63) is 65.0 Å². The fourth-order valence-electron chi connectivity index (χ4n) is 3.80. The lowest BCUT2D eigenvalue weighted by molar-refractivity contribution is 0.414. The van der Waals surface area contributed by atoms with Crippen molar-refractivity contribution in [2.45, 2.75) is 33.2 Å². The number of nitrogens with one attached hydrogen (secondary N) is 1. The molecule has 1 atom stereocenters. The van der Waals surface area contributed by atoms with Gasteiger partial charge in [0.2, 0.25) is 0 Å². The van der Waals surface area contributed by atoms with Crippen molar-refractivity contribution >= 4 is 34.1 Å². The minimum absolute atomic E-state index is 0.142. The fourth-order valence-corrected chi connectivity index (χ4v) is 4.65. The van der Waals surface area contributed by atoms with Crippen LogP contribution in [0, 0.1) is 13.8 Å². The lowest BCUT2D eigenvalue weighted by Gasteiger charge is -2.20. The summed E-state index contributed by atoms with van der Waals surface area (Å²) in [6.07, 6.45) is 3.37. The predicted molar refractivity (Wildman–Crippen MR) is 124 cm³/mol. The van der Waals surface area contributed by atoms with E-state index in [0.29, 0.717) is 0 Å². The van der Waals surface area contributed by atoms with E-state index in [1.807, 2.05) is 24.8 Å². The molecule has 0 saturated carbocycles. The molecule has 1 aromatic heterocycles. The largest absolute Gasteiger partial charge is 0.496 e. The van der Waals surface area contributed by atoms with Crippen molar-refractivity contribution in [1.82, 2.24) is 9.97 Å². The summed E-state index contributed by atoms with van der Waals surface area (Å²) in [4.78, 5) is 9.41. The Balaban J connectivity index is 1.79. The Morgan fingerprint density at radius 2 is 2.00 bits per heavy atom. The van der Waals surface area contributed by atoms with Gasteiger partial charge in [0.05, 0.1) is 12.6 Å². The summed E-state index contributed by atoms with van der Waals surface area (Å²) in [5.74, 6) is 4.70. The van der Waals surface area contributed by atoms with E-state index in [0.717, 1.165) is 51.8 Å². The van der Waals surface area contributed by atoms with E-state index in [9.17, 15) is 0 Å². The molecule has 4 rings (SSSR count). The molecule has 150 valence electrons. The second-order valence-corrected chi connectivity index (χ2v) is 8.67. The Hall–Kier alpha value is -2.53. The first kappa shape index (κ1) is 19.8. The summed E-state index contributed by atoms with van der Waals surface area (Å²) in [6, 6.07) is 13.0. The normalized spacial score (nSPS) is 15.1. The first-order chi connectivity index (χ1) is 14.0. The highest BCUT2D eigenvalue weighted by molar-refractivity contribution is 7.99. The Morgan fingerprint density at radius 1 is 1.14 bits per heavy atom. The second kappa shape index (κ2) is 8.46. The predicted octanol–water partition coefficient (Wildman–Crippen LogP) is 5.95. The number of aromatic nitrogens is 2. The highest BCUT2D eigenvalue weighted by atomic mass is 32.2. The monoisotopic (exact) mass is 405 g/mol. The van der Waals surface area contributed by atoms with Gasteiger partial charge in [0.25, 0.3) is 0 Å². The number of anilines is 1. The number of hydrogen-bond donors (Lipinski definition) is 1. The molecule has 3 aromatic rings. The second-order valence-electron chi connectivity index (χ2n) is 7.52. The maximum atomic E-state index is 5.72. The van der Waals surface area contributed by atoms with E-state index in [1.165, 1.54) is 16.7 Å². The molecular formula is C24H27N3OS. The molecule has 0 unspecified atom stereocenters. The van der Waals surface area contributed by atoms with Gasteiger partial charge < -0.3 is 10.1 Å². The first-order valence-electron chi connectivity index (χ1n) is 10.0. The molecule has 0 fully saturated rings. The van der Waals surface area contributed by atoms with Crippen molar-refractivity contribution in [3.8, 4) is 5.75 Å². The van der Waals surface area contributed by atoms with Crippen LogP contribution in [0.25, 0.3) is 16.5 Å². The van der Waals surface area contributed by atoms with Gasteiger partial charge in [-0.15, -0.1) is 0 Å². The lowest BCUT2D eigenvalue weighted by Crippen LogP contribution is -2.10. The molecule has 5 heteroatoms. The minimum Gasteiger partial charge on any atom is -0.496 e. The lowest BCUT2D eigenvalue weighted by atomic mass is 9.99. The Labute approximate surface area is 176 Å². The Morgan fingerprint density at radius 3 is 2.72 bits per heavy atom. The van der Waals surface area contributed by atoms with Crippen molar-refractivity contribution in [3.63, 3.8) is 0 Å². The average Bonchev–Trinajstić information content (AvgIpc) is 2.73. The summed E-state index contributed by atoms with van der Waals surface area (Å²) in [5.41, 5.74) is 5.91. The van der Waals surface area contributed by atoms with E-state index in [1.54, 1.807) is 7.11 Å². The van der Waals surface area contributed by atoms with Crippen LogP contribution in [0.2, 0.25) is 0 Å². The summed E-state index contributed by atoms with van der Waals surface area (Å²) in [7, 11) is 1.73. The molecule has 0 bridgehead atoms. The molecule has 1 aliphatic rings. The summed E-state index contributed by atoms with van der Waals surface area (Å²) < 4.78 is 5.72. The molecule has 0 radical (unpaired) electrons. The third-order valence-electron chi connectivity index (χ3n) is 5.33. The molecule has 4 nitrogen and oxygen atoms in total. The van der Waals surface area contributed by atoms with Gasteiger partial charge in [-0.05, 0) is 50.1 Å². The number of allylic oxidation sites excluding steroid dienone is 1. The van der Waals surface area contributed by atoms with Crippen LogP contribution >= 0.6 is 11.8 Å². The smallest absolute Gasteiger partial charge is 0.138 e. The van der Waals surface area contributed by atoms with Crippen LogP contribution in [0.15, 0.2) is 42.5 Å². The van der Waals surface area contributed by atoms with Crippen LogP contribution in [0.3, 0.4) is 0 Å². The highest BCUT2D eigenvalue weighted by Gasteiger charge is 2.17. The van der Waals surface area contributed by atoms with E-state index < -0.39 is 0 Å². The van der Waals surface area contributed by atoms with Crippen LogP contribution in [-0.4, -0.2) is 28.6 Å². The van der Waals surface area contributed by atoms with Crippen molar-refractivity contribution in [2.24, 2.45) is 0 Å². The molecule has 0 aliphatic carbocycles. The number of aryl methyl sites for hydroxylation is 2. The van der Waals surface area contributed by atoms with Crippen molar-refractivity contribution in [2.75, 3.05) is 23.9 Å². The number of rotatable bonds is 5. The topological polar surface area (TPSA) is 47.0 Å². The SMILES string of the molecule is COc1cc2nc(C)nc(N[C@H](C)c3cccc(C)c3)c2cc1C1=CCSCC1. The van der Waals surface area contributed by atoms with Crippen molar-refractivity contribution in [1.29, 1.82) is 0 Å². The fraction of sp³-hybridized carbons (Fsp3) is 0.333. The van der Waals surface area contributed by atoms with Gasteiger partial charge in [0.1, 0.15) is 17.4 Å². The Bertz CT molecular complexity index is 1080. The molecular weight excluding hydrogens is 378 g/mol. The number of fused-ring (bicyclic) bond motifs is 1. The summed E-state index contributed by atoms with van der Waals surface area (Å²) in [6.45, 7) is 6.22. The van der Waals surface area contributed by atoms with Crippen LogP contribution in [-0.2, 0) is 0 Å². The van der Waals surface area contributed by atoms with E-state index in [-0.39, 0.29) is 6.04 Å². The summed E-state index contributed by atoms with van der Waals surface area (Å²) >= 11 is 1.97. The van der Waals surface area contributed by atoms with Crippen LogP contribution in [0.5, 0.6) is 5.75 Å². The third kappa shape index (κ3) is 4.25. The molecule has 29 heavy (non-hydrogen) atoms. The zero-order valence-corrected chi connectivity index (χ0v) is 18.3. The molecule has 0 amide bonds.